The standard InChI is InChI=1S/C16H20N4O/c1-3-12-19(13-4-2)20-15(16(17)21-18-20)11-10-14-8-6-5-7-9-14/h3-9,17H,1-2,10-13H2. The summed E-state index contributed by atoms with van der Waals surface area (Å²) >= 11 is 0. The van der Waals surface area contributed by atoms with Gasteiger partial charge in [0.25, 0.3) is 5.69 Å². The van der Waals surface area contributed by atoms with Gasteiger partial charge in [-0.2, -0.15) is 0 Å². The maximum Gasteiger partial charge on any atom is 0.268 e. The third-order valence-electron chi connectivity index (χ3n) is 3.15. The molecule has 0 bridgehead atoms. The Morgan fingerprint density at radius 2 is 1.81 bits per heavy atom. The maximum absolute atomic E-state index is 7.89. The zero-order valence-corrected chi connectivity index (χ0v) is 12.0. The predicted molar refractivity (Wildman–Crippen MR) is 82.9 cm³/mol. The Morgan fingerprint density at radius 3 is 2.43 bits per heavy atom. The second kappa shape index (κ2) is 7.28. The molecule has 110 valence electrons. The lowest BCUT2D eigenvalue weighted by molar-refractivity contribution is -0.762. The van der Waals surface area contributed by atoms with E-state index >= 15 is 0 Å². The van der Waals surface area contributed by atoms with Gasteiger partial charge in [0.05, 0.1) is 17.9 Å². The highest BCUT2D eigenvalue weighted by Crippen LogP contribution is 2.15. The summed E-state index contributed by atoms with van der Waals surface area (Å²) in [6, 6.07) is 10.2. The van der Waals surface area contributed by atoms with Crippen molar-refractivity contribution in [3.05, 3.63) is 72.6 Å². The Kier molecular flexibility index (Phi) is 5.15. The van der Waals surface area contributed by atoms with Crippen molar-refractivity contribution in [2.75, 3.05) is 18.1 Å². The van der Waals surface area contributed by atoms with Gasteiger partial charge >= 0.3 is 0 Å². The van der Waals surface area contributed by atoms with Crippen LogP contribution in [-0.2, 0) is 12.8 Å². The summed E-state index contributed by atoms with van der Waals surface area (Å²) in [5.74, 6) is 0.101. The Balaban J connectivity index is 2.16. The lowest BCUT2D eigenvalue weighted by Gasteiger charge is -2.11. The molecule has 0 saturated carbocycles. The molecule has 0 radical (unpaired) electrons. The van der Waals surface area contributed by atoms with Gasteiger partial charge in [-0.05, 0) is 12.0 Å². The van der Waals surface area contributed by atoms with Crippen molar-refractivity contribution >= 4 is 5.88 Å². The lowest BCUT2D eigenvalue weighted by atomic mass is 10.1. The normalized spacial score (nSPS) is 10.3. The molecule has 0 amide bonds. The number of hydrogen-bond donors (Lipinski definition) is 0. The number of nitrogens with one attached hydrogen (secondary N) is 1. The number of aromatic nitrogens is 2. The first-order valence-electron chi connectivity index (χ1n) is 6.89. The Bertz CT molecular complexity index is 582. The number of nitrogens with zero attached hydrogens (tertiary/aromatic N) is 3. The quantitative estimate of drug-likeness (QED) is 0.553. The van der Waals surface area contributed by atoms with Crippen LogP contribution >= 0.6 is 0 Å². The SMILES string of the molecule is C=CCN(CC=C)[n+]1noc([NH-])c1CCc1ccccc1. The molecular weight excluding hydrogens is 264 g/mol. The molecule has 1 aromatic carbocycles. The lowest BCUT2D eigenvalue weighted by Crippen LogP contribution is -2.61. The highest BCUT2D eigenvalue weighted by Gasteiger charge is 2.24. The Hall–Kier alpha value is -2.56. The molecule has 5 heteroatoms. The van der Waals surface area contributed by atoms with E-state index in [1.807, 2.05) is 23.2 Å². The largest absolute Gasteiger partial charge is 0.660 e. The maximum atomic E-state index is 7.89. The predicted octanol–water partition coefficient (Wildman–Crippen LogP) is 2.74. The summed E-state index contributed by atoms with van der Waals surface area (Å²) in [7, 11) is 0. The molecule has 2 aromatic rings. The van der Waals surface area contributed by atoms with Crippen molar-refractivity contribution in [1.29, 1.82) is 0 Å². The van der Waals surface area contributed by atoms with Crippen LogP contribution in [-0.4, -0.2) is 18.4 Å². The van der Waals surface area contributed by atoms with Gasteiger partial charge in [-0.1, -0.05) is 42.5 Å². The van der Waals surface area contributed by atoms with E-state index in [1.165, 1.54) is 5.56 Å². The van der Waals surface area contributed by atoms with Crippen LogP contribution in [0.3, 0.4) is 0 Å². The van der Waals surface area contributed by atoms with E-state index < -0.39 is 0 Å². The Labute approximate surface area is 124 Å². The van der Waals surface area contributed by atoms with Crippen molar-refractivity contribution in [1.82, 2.24) is 5.27 Å². The molecule has 0 atom stereocenters. The molecule has 1 aromatic heterocycles. The van der Waals surface area contributed by atoms with Gasteiger partial charge < -0.3 is 10.3 Å². The van der Waals surface area contributed by atoms with Gasteiger partial charge in [-0.15, -0.1) is 18.2 Å². The first-order chi connectivity index (χ1) is 10.3. The van der Waals surface area contributed by atoms with E-state index in [-0.39, 0.29) is 5.88 Å². The molecule has 1 N–H and O–H groups in total. The average molecular weight is 284 g/mol. The van der Waals surface area contributed by atoms with Crippen LogP contribution in [0.4, 0.5) is 5.88 Å². The van der Waals surface area contributed by atoms with Gasteiger partial charge in [0.1, 0.15) is 5.88 Å². The molecule has 21 heavy (non-hydrogen) atoms. The van der Waals surface area contributed by atoms with Crippen LogP contribution in [0, 0.1) is 0 Å². The van der Waals surface area contributed by atoms with Crippen LogP contribution < -0.4 is 9.80 Å². The fraction of sp³-hybridized carbons (Fsp3) is 0.250. The van der Waals surface area contributed by atoms with Crippen LogP contribution in [0.25, 0.3) is 5.73 Å². The van der Waals surface area contributed by atoms with Gasteiger partial charge in [0.15, 0.2) is 0 Å². The van der Waals surface area contributed by atoms with E-state index in [1.54, 1.807) is 16.9 Å². The highest BCUT2D eigenvalue weighted by molar-refractivity contribution is 5.32. The zero-order chi connectivity index (χ0) is 15.1. The van der Waals surface area contributed by atoms with E-state index in [2.05, 4.69) is 30.6 Å². The minimum atomic E-state index is 0.101. The average Bonchev–Trinajstić information content (AvgIpc) is 2.87. The Morgan fingerprint density at radius 1 is 1.14 bits per heavy atom. The van der Waals surface area contributed by atoms with Gasteiger partial charge in [0.2, 0.25) is 5.27 Å². The fourth-order valence-corrected chi connectivity index (χ4v) is 2.14. The van der Waals surface area contributed by atoms with E-state index in [0.29, 0.717) is 19.5 Å². The first kappa shape index (κ1) is 14.8. The molecule has 0 unspecified atom stereocenters. The van der Waals surface area contributed by atoms with Crippen molar-refractivity contribution in [3.63, 3.8) is 0 Å². The second-order valence-electron chi connectivity index (χ2n) is 4.67. The molecular formula is C16H20N4O. The summed E-state index contributed by atoms with van der Waals surface area (Å²) < 4.78 is 5.03. The molecule has 0 aliphatic heterocycles. The number of benzene rings is 1. The minimum absolute atomic E-state index is 0.101. The van der Waals surface area contributed by atoms with Crippen LogP contribution in [0.1, 0.15) is 11.3 Å². The van der Waals surface area contributed by atoms with Crippen molar-refractivity contribution in [2.24, 2.45) is 0 Å². The molecule has 1 heterocycles. The molecule has 0 aliphatic rings. The first-order valence-corrected chi connectivity index (χ1v) is 6.89. The second-order valence-corrected chi connectivity index (χ2v) is 4.67. The third-order valence-corrected chi connectivity index (χ3v) is 3.15. The molecule has 0 saturated heterocycles. The fourth-order valence-electron chi connectivity index (χ4n) is 2.14. The van der Waals surface area contributed by atoms with Crippen molar-refractivity contribution < 1.29 is 9.31 Å². The molecule has 0 fully saturated rings. The van der Waals surface area contributed by atoms with E-state index in [9.17, 15) is 0 Å². The summed E-state index contributed by atoms with van der Waals surface area (Å²) in [5, 5.41) is 5.87. The number of rotatable bonds is 8. The van der Waals surface area contributed by atoms with E-state index in [0.717, 1.165) is 12.1 Å². The van der Waals surface area contributed by atoms with Crippen molar-refractivity contribution in [2.45, 2.75) is 12.8 Å². The van der Waals surface area contributed by atoms with Gasteiger partial charge in [0, 0.05) is 6.42 Å². The highest BCUT2D eigenvalue weighted by atomic mass is 16.5. The van der Waals surface area contributed by atoms with Crippen LogP contribution in [0.15, 0.2) is 60.2 Å². The van der Waals surface area contributed by atoms with Crippen LogP contribution in [0.2, 0.25) is 0 Å². The summed E-state index contributed by atoms with van der Waals surface area (Å²) in [6.07, 6.45) is 5.10. The molecule has 0 spiro atoms. The van der Waals surface area contributed by atoms with Gasteiger partial charge in [-0.25, -0.2) is 0 Å². The summed E-state index contributed by atoms with van der Waals surface area (Å²) in [6.45, 7) is 8.71. The van der Waals surface area contributed by atoms with Crippen LogP contribution in [0.5, 0.6) is 0 Å². The minimum Gasteiger partial charge on any atom is -0.660 e. The summed E-state index contributed by atoms with van der Waals surface area (Å²) in [5.41, 5.74) is 9.86. The van der Waals surface area contributed by atoms with Gasteiger partial charge in [-0.3, -0.25) is 0 Å². The molecule has 0 aliphatic carbocycles. The third kappa shape index (κ3) is 3.72. The smallest absolute Gasteiger partial charge is 0.268 e. The zero-order valence-electron chi connectivity index (χ0n) is 12.0. The topological polar surface area (TPSA) is 57.0 Å². The molecule has 5 nitrogen and oxygen atoms in total. The van der Waals surface area contributed by atoms with E-state index in [4.69, 9.17) is 10.3 Å². The molecule has 2 rings (SSSR count). The number of hydrogen-bond acceptors (Lipinski definition) is 3. The summed E-state index contributed by atoms with van der Waals surface area (Å²) in [4.78, 5) is 1.65. The monoisotopic (exact) mass is 284 g/mol. The number of aryl methyl sites for hydroxylation is 1. The van der Waals surface area contributed by atoms with Crippen molar-refractivity contribution in [3.8, 4) is 0 Å².